The van der Waals surface area contributed by atoms with Gasteiger partial charge < -0.3 is 0 Å². The van der Waals surface area contributed by atoms with Gasteiger partial charge in [0.05, 0.1) is 15.9 Å². The number of nitrogens with zero attached hydrogens (tertiary/aromatic N) is 1. The molecule has 0 bridgehead atoms. The molecule has 0 spiro atoms. The second kappa shape index (κ2) is 6.64. The van der Waals surface area contributed by atoms with Crippen molar-refractivity contribution in [3.05, 3.63) is 66.1 Å². The van der Waals surface area contributed by atoms with Gasteiger partial charge in [0.1, 0.15) is 0 Å². The van der Waals surface area contributed by atoms with Gasteiger partial charge in [0.2, 0.25) is 9.84 Å². The maximum Gasteiger partial charge on any atom is 0.261 e. The number of hydrogen-bond acceptors (Lipinski definition) is 5. The van der Waals surface area contributed by atoms with Gasteiger partial charge in [-0.1, -0.05) is 18.2 Å². The molecule has 6 nitrogen and oxygen atoms in total. The van der Waals surface area contributed by atoms with Crippen LogP contribution in [0.2, 0.25) is 0 Å². The predicted octanol–water partition coefficient (Wildman–Crippen LogP) is 2.30. The summed E-state index contributed by atoms with van der Waals surface area (Å²) in [5.41, 5.74) is 0.233. The third-order valence-electron chi connectivity index (χ3n) is 2.81. The molecule has 8 heteroatoms. The number of sulfonamides is 1. The molecule has 0 fully saturated rings. The number of anilines is 1. The summed E-state index contributed by atoms with van der Waals surface area (Å²) in [6, 6.07) is 14.6. The second-order valence-electron chi connectivity index (χ2n) is 4.42. The SMILES string of the molecule is N#CC=CS(=O)(=O)c1ccc(NS(=O)(=O)c2ccccc2)cc1. The van der Waals surface area contributed by atoms with Crippen molar-refractivity contribution in [2.24, 2.45) is 0 Å². The van der Waals surface area contributed by atoms with Crippen LogP contribution in [0.3, 0.4) is 0 Å². The van der Waals surface area contributed by atoms with Gasteiger partial charge in [-0.2, -0.15) is 5.26 Å². The van der Waals surface area contributed by atoms with Gasteiger partial charge in [-0.25, -0.2) is 16.8 Å². The summed E-state index contributed by atoms with van der Waals surface area (Å²) >= 11 is 0. The fraction of sp³-hybridized carbons (Fsp3) is 0. The highest BCUT2D eigenvalue weighted by Gasteiger charge is 2.14. The van der Waals surface area contributed by atoms with Crippen LogP contribution in [0.1, 0.15) is 0 Å². The van der Waals surface area contributed by atoms with E-state index in [0.29, 0.717) is 0 Å². The first-order valence-corrected chi connectivity index (χ1v) is 9.37. The molecule has 0 atom stereocenters. The van der Waals surface area contributed by atoms with Gasteiger partial charge >= 0.3 is 0 Å². The van der Waals surface area contributed by atoms with Crippen molar-refractivity contribution in [2.75, 3.05) is 4.72 Å². The van der Waals surface area contributed by atoms with E-state index in [9.17, 15) is 16.8 Å². The van der Waals surface area contributed by atoms with E-state index in [2.05, 4.69) is 4.72 Å². The third kappa shape index (κ3) is 4.18. The quantitative estimate of drug-likeness (QED) is 0.835. The molecule has 2 rings (SSSR count). The molecule has 1 N–H and O–H groups in total. The molecule has 0 aromatic heterocycles. The van der Waals surface area contributed by atoms with Gasteiger partial charge in [-0.15, -0.1) is 0 Å². The summed E-state index contributed by atoms with van der Waals surface area (Å²) in [4.78, 5) is 0.0697. The minimum atomic E-state index is -3.73. The van der Waals surface area contributed by atoms with Crippen LogP contribution in [-0.2, 0) is 19.9 Å². The lowest BCUT2D eigenvalue weighted by atomic mass is 10.3. The molecule has 0 heterocycles. The molecular formula is C15H12N2O4S2. The monoisotopic (exact) mass is 348 g/mol. The van der Waals surface area contributed by atoms with Crippen LogP contribution in [0.15, 0.2) is 75.9 Å². The molecular weight excluding hydrogens is 336 g/mol. The Morgan fingerprint density at radius 1 is 0.870 bits per heavy atom. The van der Waals surface area contributed by atoms with Gasteiger partial charge in [-0.3, -0.25) is 4.72 Å². The lowest BCUT2D eigenvalue weighted by Gasteiger charge is -2.08. The van der Waals surface area contributed by atoms with E-state index in [1.807, 2.05) is 0 Å². The smallest absolute Gasteiger partial charge is 0.261 e. The van der Waals surface area contributed by atoms with Gasteiger partial charge in [0, 0.05) is 17.2 Å². The number of allylic oxidation sites excluding steroid dienone is 1. The Kier molecular flexibility index (Phi) is 4.83. The van der Waals surface area contributed by atoms with Crippen LogP contribution in [0.25, 0.3) is 0 Å². The van der Waals surface area contributed by atoms with Crippen LogP contribution in [0.5, 0.6) is 0 Å². The summed E-state index contributed by atoms with van der Waals surface area (Å²) in [7, 11) is -7.45. The van der Waals surface area contributed by atoms with Crippen molar-refractivity contribution in [3.63, 3.8) is 0 Å². The van der Waals surface area contributed by atoms with Gasteiger partial charge in [0.25, 0.3) is 10.0 Å². The zero-order chi connectivity index (χ0) is 16.9. The van der Waals surface area contributed by atoms with Crippen molar-refractivity contribution in [2.45, 2.75) is 9.79 Å². The normalized spacial score (nSPS) is 12.0. The summed E-state index contributed by atoms with van der Waals surface area (Å²) in [6.07, 6.45) is 0.862. The number of rotatable bonds is 5. The zero-order valence-electron chi connectivity index (χ0n) is 11.7. The molecule has 0 radical (unpaired) electrons. The lowest BCUT2D eigenvalue weighted by molar-refractivity contribution is 0.601. The van der Waals surface area contributed by atoms with Crippen LogP contribution < -0.4 is 4.72 Å². The first-order chi connectivity index (χ1) is 10.8. The number of hydrogen-bond donors (Lipinski definition) is 1. The number of sulfone groups is 1. The first kappa shape index (κ1) is 16.7. The second-order valence-corrected chi connectivity index (χ2v) is 7.94. The molecule has 0 saturated heterocycles. The van der Waals surface area contributed by atoms with E-state index in [4.69, 9.17) is 5.26 Å². The van der Waals surface area contributed by atoms with Crippen LogP contribution in [0, 0.1) is 11.3 Å². The summed E-state index contributed by atoms with van der Waals surface area (Å²) in [6.45, 7) is 0. The van der Waals surface area contributed by atoms with E-state index in [1.165, 1.54) is 36.4 Å². The predicted molar refractivity (Wildman–Crippen MR) is 85.6 cm³/mol. The number of nitrogens with one attached hydrogen (secondary N) is 1. The average Bonchev–Trinajstić information content (AvgIpc) is 2.54. The fourth-order valence-corrected chi connectivity index (χ4v) is 3.72. The highest BCUT2D eigenvalue weighted by molar-refractivity contribution is 7.94. The van der Waals surface area contributed by atoms with Crippen LogP contribution in [-0.4, -0.2) is 16.8 Å². The van der Waals surface area contributed by atoms with E-state index < -0.39 is 19.9 Å². The highest BCUT2D eigenvalue weighted by atomic mass is 32.2. The maximum atomic E-state index is 12.1. The van der Waals surface area contributed by atoms with Gasteiger partial charge in [-0.05, 0) is 36.4 Å². The third-order valence-corrected chi connectivity index (χ3v) is 5.63. The Labute approximate surface area is 134 Å². The Hall–Kier alpha value is -2.63. The van der Waals surface area contributed by atoms with E-state index >= 15 is 0 Å². The molecule has 118 valence electrons. The minimum absolute atomic E-state index is 0.0355. The van der Waals surface area contributed by atoms with Crippen molar-refractivity contribution in [3.8, 4) is 6.07 Å². The molecule has 23 heavy (non-hydrogen) atoms. The molecule has 0 aliphatic carbocycles. The Bertz CT molecular complexity index is 956. The Morgan fingerprint density at radius 3 is 2.04 bits per heavy atom. The number of benzene rings is 2. The standard InChI is InChI=1S/C15H12N2O4S2/c16-11-4-12-22(18,19)14-9-7-13(8-10-14)17-23(20,21)15-5-2-1-3-6-15/h1-10,12,17H. The molecule has 0 aliphatic heterocycles. The molecule has 0 amide bonds. The van der Waals surface area contributed by atoms with Crippen molar-refractivity contribution >= 4 is 25.5 Å². The maximum absolute atomic E-state index is 12.1. The largest absolute Gasteiger partial charge is 0.280 e. The fourth-order valence-electron chi connectivity index (χ4n) is 1.72. The van der Waals surface area contributed by atoms with E-state index in [0.717, 1.165) is 11.5 Å². The number of nitriles is 1. The van der Waals surface area contributed by atoms with Crippen LogP contribution in [0.4, 0.5) is 5.69 Å². The van der Waals surface area contributed by atoms with Crippen LogP contribution >= 0.6 is 0 Å². The average molecular weight is 348 g/mol. The molecule has 0 aliphatic rings. The molecule has 2 aromatic rings. The van der Waals surface area contributed by atoms with E-state index in [1.54, 1.807) is 24.3 Å². The highest BCUT2D eigenvalue weighted by Crippen LogP contribution is 2.19. The first-order valence-electron chi connectivity index (χ1n) is 6.34. The Morgan fingerprint density at radius 2 is 1.48 bits per heavy atom. The molecule has 2 aromatic carbocycles. The topological polar surface area (TPSA) is 104 Å². The summed E-state index contributed by atoms with van der Waals surface area (Å²) in [5.74, 6) is 0. The van der Waals surface area contributed by atoms with Gasteiger partial charge in [0.15, 0.2) is 0 Å². The van der Waals surface area contributed by atoms with E-state index in [-0.39, 0.29) is 15.5 Å². The molecule has 0 saturated carbocycles. The summed E-state index contributed by atoms with van der Waals surface area (Å²) < 4.78 is 50.3. The summed E-state index contributed by atoms with van der Waals surface area (Å²) in [5, 5.41) is 9.17. The van der Waals surface area contributed by atoms with Crippen molar-refractivity contribution in [1.82, 2.24) is 0 Å². The van der Waals surface area contributed by atoms with Crippen molar-refractivity contribution in [1.29, 1.82) is 5.26 Å². The lowest BCUT2D eigenvalue weighted by Crippen LogP contribution is -2.12. The Balaban J connectivity index is 2.25. The van der Waals surface area contributed by atoms with Crippen molar-refractivity contribution < 1.29 is 16.8 Å². The molecule has 0 unspecified atom stereocenters. The minimum Gasteiger partial charge on any atom is -0.280 e. The zero-order valence-corrected chi connectivity index (χ0v) is 13.4.